The van der Waals surface area contributed by atoms with Gasteiger partial charge in [-0.2, -0.15) is 0 Å². The van der Waals surface area contributed by atoms with Gasteiger partial charge in [0.25, 0.3) is 5.91 Å². The van der Waals surface area contributed by atoms with E-state index in [1.807, 2.05) is 50.2 Å². The van der Waals surface area contributed by atoms with Gasteiger partial charge in [-0.1, -0.05) is 37.3 Å². The van der Waals surface area contributed by atoms with Crippen molar-refractivity contribution >= 4 is 17.2 Å². The first kappa shape index (κ1) is 17.0. The van der Waals surface area contributed by atoms with E-state index in [2.05, 4.69) is 0 Å². The van der Waals surface area contributed by atoms with Crippen molar-refractivity contribution in [1.29, 1.82) is 0 Å². The lowest BCUT2D eigenvalue weighted by Crippen LogP contribution is -2.45. The summed E-state index contributed by atoms with van der Waals surface area (Å²) < 4.78 is 5.70. The molecule has 4 nitrogen and oxygen atoms in total. The van der Waals surface area contributed by atoms with Crippen molar-refractivity contribution in [2.45, 2.75) is 26.4 Å². The number of hydrogen-bond acceptors (Lipinski definition) is 4. The Kier molecular flexibility index (Phi) is 5.21. The number of benzene rings is 1. The van der Waals surface area contributed by atoms with Gasteiger partial charge >= 0.3 is 0 Å². The van der Waals surface area contributed by atoms with E-state index in [1.165, 1.54) is 11.3 Å². The van der Waals surface area contributed by atoms with Crippen molar-refractivity contribution in [3.63, 3.8) is 0 Å². The van der Waals surface area contributed by atoms with Gasteiger partial charge in [0.05, 0.1) is 12.7 Å². The number of aliphatic hydroxyl groups is 1. The van der Waals surface area contributed by atoms with E-state index in [9.17, 15) is 9.90 Å². The Morgan fingerprint density at radius 1 is 1.38 bits per heavy atom. The summed E-state index contributed by atoms with van der Waals surface area (Å²) in [5, 5.41) is 10.1. The largest absolute Gasteiger partial charge is 0.492 e. The molecule has 1 amide bonds. The minimum absolute atomic E-state index is 0.0448. The molecule has 1 aromatic heterocycles. The minimum Gasteiger partial charge on any atom is -0.492 e. The molecule has 1 aromatic carbocycles. The number of hydrogen-bond donors (Lipinski definition) is 1. The van der Waals surface area contributed by atoms with Crippen LogP contribution in [0.5, 0.6) is 5.75 Å². The van der Waals surface area contributed by atoms with Gasteiger partial charge in [0.15, 0.2) is 0 Å². The highest BCUT2D eigenvalue weighted by atomic mass is 32.1. The highest BCUT2D eigenvalue weighted by molar-refractivity contribution is 7.17. The van der Waals surface area contributed by atoms with E-state index in [4.69, 9.17) is 4.74 Å². The molecule has 1 fully saturated rings. The van der Waals surface area contributed by atoms with E-state index in [0.717, 1.165) is 16.9 Å². The molecule has 2 unspecified atom stereocenters. The predicted octanol–water partition coefficient (Wildman–Crippen LogP) is 3.66. The number of likely N-dealkylation sites (tertiary alicyclic amines) is 1. The maximum absolute atomic E-state index is 12.9. The fraction of sp³-hybridized carbons (Fsp3) is 0.421. The van der Waals surface area contributed by atoms with Crippen LogP contribution in [0.4, 0.5) is 0 Å². The van der Waals surface area contributed by atoms with Crippen molar-refractivity contribution in [2.75, 3.05) is 19.7 Å². The molecule has 0 radical (unpaired) electrons. The quantitative estimate of drug-likeness (QED) is 0.920. The molecule has 1 aliphatic rings. The summed E-state index contributed by atoms with van der Waals surface area (Å²) in [6.07, 6.45) is 0.375. The smallest absolute Gasteiger partial charge is 0.267 e. The van der Waals surface area contributed by atoms with Crippen LogP contribution in [0.15, 0.2) is 36.4 Å². The fourth-order valence-corrected chi connectivity index (χ4v) is 3.98. The number of nitrogens with zero attached hydrogens (tertiary/aromatic N) is 1. The van der Waals surface area contributed by atoms with Crippen molar-refractivity contribution in [1.82, 2.24) is 4.90 Å². The summed E-state index contributed by atoms with van der Waals surface area (Å²) in [7, 11) is 0. The lowest BCUT2D eigenvalue weighted by Gasteiger charge is -2.34. The molecule has 1 saturated heterocycles. The second-order valence-corrected chi connectivity index (χ2v) is 7.24. The molecule has 3 rings (SSSR count). The summed E-state index contributed by atoms with van der Waals surface area (Å²) in [4.78, 5) is 16.3. The Morgan fingerprint density at radius 3 is 2.79 bits per heavy atom. The van der Waals surface area contributed by atoms with Gasteiger partial charge in [0, 0.05) is 18.0 Å². The van der Waals surface area contributed by atoms with E-state index in [1.54, 1.807) is 4.90 Å². The Bertz CT molecular complexity index is 698. The average Bonchev–Trinajstić information content (AvgIpc) is 3.02. The second-order valence-electron chi connectivity index (χ2n) is 6.19. The molecule has 2 aromatic rings. The molecule has 5 heteroatoms. The third-order valence-corrected chi connectivity index (χ3v) is 5.61. The first-order valence-corrected chi connectivity index (χ1v) is 9.21. The number of carbonyl (C=O) groups is 1. The zero-order chi connectivity index (χ0) is 17.1. The lowest BCUT2D eigenvalue weighted by atomic mass is 9.96. The van der Waals surface area contributed by atoms with Gasteiger partial charge in [-0.05, 0) is 30.9 Å². The van der Waals surface area contributed by atoms with Crippen molar-refractivity contribution in [3.8, 4) is 16.2 Å². The van der Waals surface area contributed by atoms with Crippen LogP contribution >= 0.6 is 11.3 Å². The van der Waals surface area contributed by atoms with Crippen LogP contribution in [-0.2, 0) is 0 Å². The Morgan fingerprint density at radius 2 is 2.12 bits per heavy atom. The number of ether oxygens (including phenoxy) is 1. The zero-order valence-electron chi connectivity index (χ0n) is 14.1. The molecule has 1 N–H and O–H groups in total. The molecule has 2 atom stereocenters. The molecule has 0 spiro atoms. The van der Waals surface area contributed by atoms with Crippen LogP contribution in [0.2, 0.25) is 0 Å². The maximum Gasteiger partial charge on any atom is 0.267 e. The van der Waals surface area contributed by atoms with Crippen LogP contribution in [0.25, 0.3) is 10.4 Å². The lowest BCUT2D eigenvalue weighted by molar-refractivity contribution is 0.0249. The summed E-state index contributed by atoms with van der Waals surface area (Å²) in [6.45, 7) is 5.54. The third-order valence-electron chi connectivity index (χ3n) is 4.46. The van der Waals surface area contributed by atoms with E-state index < -0.39 is 6.10 Å². The molecule has 128 valence electrons. The number of aliphatic hydroxyl groups excluding tert-OH is 1. The minimum atomic E-state index is -0.452. The van der Waals surface area contributed by atoms with Gasteiger partial charge in [0.1, 0.15) is 10.6 Å². The monoisotopic (exact) mass is 345 g/mol. The first-order chi connectivity index (χ1) is 11.6. The van der Waals surface area contributed by atoms with E-state index in [0.29, 0.717) is 30.3 Å². The van der Waals surface area contributed by atoms with Crippen molar-refractivity contribution in [3.05, 3.63) is 41.3 Å². The molecular formula is C19H23NO3S. The number of rotatable bonds is 4. The Balaban J connectivity index is 1.88. The SMILES string of the molecule is CCOc1cc(-c2ccccc2)sc1C(=O)N1CCC(C)C(O)C1. The second kappa shape index (κ2) is 7.36. The summed E-state index contributed by atoms with van der Waals surface area (Å²) in [5.74, 6) is 0.833. The molecule has 2 heterocycles. The van der Waals surface area contributed by atoms with E-state index in [-0.39, 0.29) is 11.8 Å². The van der Waals surface area contributed by atoms with Gasteiger partial charge in [0.2, 0.25) is 0 Å². The standard InChI is InChI=1S/C19H23NO3S/c1-3-23-16-11-17(14-7-5-4-6-8-14)24-18(16)19(22)20-10-9-13(2)15(21)12-20/h4-8,11,13,15,21H,3,9-10,12H2,1-2H3. The Labute approximate surface area is 146 Å². The molecule has 0 aliphatic carbocycles. The van der Waals surface area contributed by atoms with Gasteiger partial charge in [-0.25, -0.2) is 0 Å². The highest BCUT2D eigenvalue weighted by Gasteiger charge is 2.30. The number of carbonyl (C=O) groups excluding carboxylic acids is 1. The first-order valence-electron chi connectivity index (χ1n) is 8.39. The van der Waals surface area contributed by atoms with Gasteiger partial charge < -0.3 is 14.7 Å². The fourth-order valence-electron chi connectivity index (χ4n) is 2.91. The van der Waals surface area contributed by atoms with Gasteiger partial charge in [-0.3, -0.25) is 4.79 Å². The van der Waals surface area contributed by atoms with Crippen molar-refractivity contribution < 1.29 is 14.6 Å². The normalized spacial score (nSPS) is 20.9. The highest BCUT2D eigenvalue weighted by Crippen LogP contribution is 2.37. The molecular weight excluding hydrogens is 322 g/mol. The number of thiophene rings is 1. The summed E-state index contributed by atoms with van der Waals surface area (Å²) >= 11 is 1.46. The van der Waals surface area contributed by atoms with Crippen LogP contribution in [-0.4, -0.2) is 41.7 Å². The van der Waals surface area contributed by atoms with E-state index >= 15 is 0 Å². The maximum atomic E-state index is 12.9. The number of amides is 1. The van der Waals surface area contributed by atoms with Crippen LogP contribution in [0.1, 0.15) is 29.9 Å². The predicted molar refractivity (Wildman–Crippen MR) is 96.6 cm³/mol. The zero-order valence-corrected chi connectivity index (χ0v) is 14.9. The van der Waals surface area contributed by atoms with Crippen LogP contribution < -0.4 is 4.74 Å². The summed E-state index contributed by atoms with van der Waals surface area (Å²) in [5.41, 5.74) is 1.08. The molecule has 0 bridgehead atoms. The molecule has 1 aliphatic heterocycles. The molecule has 24 heavy (non-hydrogen) atoms. The molecule has 0 saturated carbocycles. The van der Waals surface area contributed by atoms with Crippen LogP contribution in [0.3, 0.4) is 0 Å². The Hall–Kier alpha value is -1.85. The number of β-amino-alcohol motifs (C(OH)–C–C–N with tert-alkyl or cyclic N) is 1. The average molecular weight is 345 g/mol. The van der Waals surface area contributed by atoms with Gasteiger partial charge in [-0.15, -0.1) is 11.3 Å². The number of piperidine rings is 1. The summed E-state index contributed by atoms with van der Waals surface area (Å²) in [6, 6.07) is 11.9. The van der Waals surface area contributed by atoms with Crippen molar-refractivity contribution in [2.24, 2.45) is 5.92 Å². The van der Waals surface area contributed by atoms with Crippen LogP contribution in [0, 0.1) is 5.92 Å². The topological polar surface area (TPSA) is 49.8 Å². The third kappa shape index (κ3) is 3.47.